The van der Waals surface area contributed by atoms with Crippen molar-refractivity contribution in [1.82, 2.24) is 4.98 Å². The zero-order chi connectivity index (χ0) is 13.7. The summed E-state index contributed by atoms with van der Waals surface area (Å²) in [4.78, 5) is 4.08. The van der Waals surface area contributed by atoms with Crippen LogP contribution in [0, 0.1) is 11.3 Å². The number of benzene rings is 1. The third-order valence-corrected chi connectivity index (χ3v) is 2.69. The van der Waals surface area contributed by atoms with E-state index in [1.807, 2.05) is 37.3 Å². The number of hydrogen-bond acceptors (Lipinski definition) is 5. The lowest BCUT2D eigenvalue weighted by atomic mass is 10.2. The fourth-order valence-corrected chi connectivity index (χ4v) is 1.64. The third-order valence-electron chi connectivity index (χ3n) is 2.69. The molecule has 2 aromatic rings. The van der Waals surface area contributed by atoms with Crippen LogP contribution >= 0.6 is 0 Å². The van der Waals surface area contributed by atoms with Crippen molar-refractivity contribution in [2.75, 3.05) is 12.4 Å². The molecule has 0 bridgehead atoms. The van der Waals surface area contributed by atoms with E-state index in [9.17, 15) is 0 Å². The van der Waals surface area contributed by atoms with Crippen LogP contribution in [0.5, 0.6) is 5.75 Å². The maximum Gasteiger partial charge on any atom is 0.232 e. The van der Waals surface area contributed by atoms with Crippen molar-refractivity contribution in [2.45, 2.75) is 19.9 Å². The number of anilines is 1. The first-order chi connectivity index (χ1) is 9.26. The number of nitrogens with zero attached hydrogens (tertiary/aromatic N) is 2. The van der Waals surface area contributed by atoms with Crippen molar-refractivity contribution in [3.63, 3.8) is 0 Å². The number of rotatable bonds is 5. The minimum absolute atomic E-state index is 0.297. The first kappa shape index (κ1) is 13.0. The molecule has 1 aromatic heterocycles. The molecule has 0 saturated heterocycles. The molecule has 0 atom stereocenters. The number of aromatic nitrogens is 1. The highest BCUT2D eigenvalue weighted by atomic mass is 16.5. The molecule has 0 aliphatic heterocycles. The largest absolute Gasteiger partial charge is 0.497 e. The van der Waals surface area contributed by atoms with E-state index in [-0.39, 0.29) is 0 Å². The smallest absolute Gasteiger partial charge is 0.232 e. The summed E-state index contributed by atoms with van der Waals surface area (Å²) in [6.45, 7) is 2.50. The number of ether oxygens (including phenoxy) is 1. The van der Waals surface area contributed by atoms with Gasteiger partial charge >= 0.3 is 0 Å². The molecular weight excluding hydrogens is 242 g/mol. The quantitative estimate of drug-likeness (QED) is 0.891. The van der Waals surface area contributed by atoms with E-state index >= 15 is 0 Å². The molecule has 2 rings (SSSR count). The first-order valence-corrected chi connectivity index (χ1v) is 6.03. The summed E-state index contributed by atoms with van der Waals surface area (Å²) in [7, 11) is 1.63. The SMILES string of the molecule is CCc1nc(C#N)c(NCc2ccc(OC)cc2)o1. The van der Waals surface area contributed by atoms with E-state index in [1.54, 1.807) is 7.11 Å². The average Bonchev–Trinajstić information content (AvgIpc) is 2.88. The molecular formula is C14H15N3O2. The fourth-order valence-electron chi connectivity index (χ4n) is 1.64. The molecule has 0 aliphatic carbocycles. The first-order valence-electron chi connectivity index (χ1n) is 6.03. The molecule has 0 radical (unpaired) electrons. The number of nitriles is 1. The molecule has 0 aliphatic rings. The van der Waals surface area contributed by atoms with Crippen molar-refractivity contribution in [2.24, 2.45) is 0 Å². The molecule has 1 aromatic carbocycles. The van der Waals surface area contributed by atoms with E-state index in [2.05, 4.69) is 10.3 Å². The van der Waals surface area contributed by atoms with E-state index in [4.69, 9.17) is 14.4 Å². The Morgan fingerprint density at radius 2 is 2.11 bits per heavy atom. The van der Waals surface area contributed by atoms with Gasteiger partial charge in [0.25, 0.3) is 0 Å². The Hall–Kier alpha value is -2.48. The second-order valence-electron chi connectivity index (χ2n) is 3.95. The zero-order valence-electron chi connectivity index (χ0n) is 10.9. The molecule has 19 heavy (non-hydrogen) atoms. The Kier molecular flexibility index (Phi) is 4.04. The van der Waals surface area contributed by atoms with Gasteiger partial charge in [0.1, 0.15) is 11.8 Å². The maximum atomic E-state index is 8.96. The lowest BCUT2D eigenvalue weighted by Crippen LogP contribution is -1.99. The summed E-state index contributed by atoms with van der Waals surface area (Å²) in [6, 6.07) is 9.70. The number of nitrogens with one attached hydrogen (secondary N) is 1. The van der Waals surface area contributed by atoms with Gasteiger partial charge in [-0.15, -0.1) is 0 Å². The normalized spacial score (nSPS) is 9.95. The predicted octanol–water partition coefficient (Wildman–Crippen LogP) is 2.73. The lowest BCUT2D eigenvalue weighted by Gasteiger charge is -2.04. The zero-order valence-corrected chi connectivity index (χ0v) is 10.9. The van der Waals surface area contributed by atoms with Gasteiger partial charge < -0.3 is 14.5 Å². The van der Waals surface area contributed by atoms with Crippen molar-refractivity contribution in [1.29, 1.82) is 5.26 Å². The van der Waals surface area contributed by atoms with E-state index < -0.39 is 0 Å². The van der Waals surface area contributed by atoms with Crippen molar-refractivity contribution in [3.8, 4) is 11.8 Å². The van der Waals surface area contributed by atoms with Crippen LogP contribution in [0.3, 0.4) is 0 Å². The van der Waals surface area contributed by atoms with Crippen LogP contribution in [0.15, 0.2) is 28.7 Å². The van der Waals surface area contributed by atoms with Crippen LogP contribution in [-0.2, 0) is 13.0 Å². The lowest BCUT2D eigenvalue weighted by molar-refractivity contribution is 0.414. The van der Waals surface area contributed by atoms with Gasteiger partial charge in [-0.05, 0) is 17.7 Å². The van der Waals surface area contributed by atoms with E-state index in [0.29, 0.717) is 30.4 Å². The minimum atomic E-state index is 0.297. The van der Waals surface area contributed by atoms with Crippen LogP contribution in [0.2, 0.25) is 0 Å². The molecule has 1 heterocycles. The monoisotopic (exact) mass is 257 g/mol. The topological polar surface area (TPSA) is 71.1 Å². The van der Waals surface area contributed by atoms with Crippen LogP contribution in [0.1, 0.15) is 24.1 Å². The Balaban J connectivity index is 2.05. The van der Waals surface area contributed by atoms with Crippen LogP contribution in [-0.4, -0.2) is 12.1 Å². The number of oxazole rings is 1. The van der Waals surface area contributed by atoms with Gasteiger partial charge in [0.05, 0.1) is 7.11 Å². The molecule has 0 spiro atoms. The van der Waals surface area contributed by atoms with Gasteiger partial charge in [-0.25, -0.2) is 4.98 Å². The predicted molar refractivity (Wildman–Crippen MR) is 70.9 cm³/mol. The number of hydrogen-bond donors (Lipinski definition) is 1. The third kappa shape index (κ3) is 3.05. The minimum Gasteiger partial charge on any atom is -0.497 e. The van der Waals surface area contributed by atoms with E-state index in [1.165, 1.54) is 0 Å². The highest BCUT2D eigenvalue weighted by molar-refractivity contribution is 5.46. The second kappa shape index (κ2) is 5.91. The van der Waals surface area contributed by atoms with Crippen molar-refractivity contribution < 1.29 is 9.15 Å². The highest BCUT2D eigenvalue weighted by Crippen LogP contribution is 2.18. The summed E-state index contributed by atoms with van der Waals surface area (Å²) in [5.74, 6) is 1.80. The second-order valence-corrected chi connectivity index (χ2v) is 3.95. The van der Waals surface area contributed by atoms with Gasteiger partial charge in [0.2, 0.25) is 11.6 Å². The summed E-state index contributed by atoms with van der Waals surface area (Å²) in [5, 5.41) is 12.0. The van der Waals surface area contributed by atoms with Gasteiger partial charge in [-0.3, -0.25) is 0 Å². The number of methoxy groups -OCH3 is 1. The standard InChI is InChI=1S/C14H15N3O2/c1-3-13-17-12(8-15)14(19-13)16-9-10-4-6-11(18-2)7-5-10/h4-7,16H,3,9H2,1-2H3. The Labute approximate surface area is 111 Å². The molecule has 5 nitrogen and oxygen atoms in total. The van der Waals surface area contributed by atoms with Gasteiger partial charge in [0.15, 0.2) is 5.89 Å². The van der Waals surface area contributed by atoms with Crippen molar-refractivity contribution >= 4 is 5.88 Å². The van der Waals surface area contributed by atoms with Crippen molar-refractivity contribution in [3.05, 3.63) is 41.4 Å². The molecule has 5 heteroatoms. The maximum absolute atomic E-state index is 8.96. The number of aryl methyl sites for hydroxylation is 1. The van der Waals surface area contributed by atoms with Crippen LogP contribution < -0.4 is 10.1 Å². The molecule has 1 N–H and O–H groups in total. The molecule has 0 unspecified atom stereocenters. The molecule has 0 fully saturated rings. The Bertz CT molecular complexity index is 582. The Morgan fingerprint density at radius 3 is 2.68 bits per heavy atom. The fraction of sp³-hybridized carbons (Fsp3) is 0.286. The van der Waals surface area contributed by atoms with Gasteiger partial charge in [0, 0.05) is 13.0 Å². The summed E-state index contributed by atoms with van der Waals surface area (Å²) >= 11 is 0. The van der Waals surface area contributed by atoms with E-state index in [0.717, 1.165) is 11.3 Å². The summed E-state index contributed by atoms with van der Waals surface area (Å²) in [6.07, 6.45) is 0.666. The summed E-state index contributed by atoms with van der Waals surface area (Å²) < 4.78 is 10.5. The molecule has 0 amide bonds. The van der Waals surface area contributed by atoms with Crippen LogP contribution in [0.25, 0.3) is 0 Å². The van der Waals surface area contributed by atoms with Gasteiger partial charge in [-0.1, -0.05) is 19.1 Å². The van der Waals surface area contributed by atoms with Gasteiger partial charge in [-0.2, -0.15) is 5.26 Å². The molecule has 98 valence electrons. The highest BCUT2D eigenvalue weighted by Gasteiger charge is 2.11. The summed E-state index contributed by atoms with van der Waals surface area (Å²) in [5.41, 5.74) is 1.37. The average molecular weight is 257 g/mol. The molecule has 0 saturated carbocycles. The van der Waals surface area contributed by atoms with Crippen LogP contribution in [0.4, 0.5) is 5.88 Å². The Morgan fingerprint density at radius 1 is 1.37 bits per heavy atom.